The van der Waals surface area contributed by atoms with Crippen molar-refractivity contribution in [2.45, 2.75) is 51.6 Å². The van der Waals surface area contributed by atoms with Crippen molar-refractivity contribution in [1.29, 1.82) is 0 Å². The fraction of sp³-hybridized carbons (Fsp3) is 0.371. The monoisotopic (exact) mass is 680 g/mol. The Morgan fingerprint density at radius 1 is 1.08 bits per heavy atom. The Morgan fingerprint density at radius 2 is 1.92 bits per heavy atom. The maximum absolute atomic E-state index is 14.0. The van der Waals surface area contributed by atoms with Gasteiger partial charge in [-0.25, -0.2) is 9.50 Å². The van der Waals surface area contributed by atoms with E-state index >= 15 is 0 Å². The molecule has 0 saturated heterocycles. The van der Waals surface area contributed by atoms with Crippen molar-refractivity contribution in [2.75, 3.05) is 33.4 Å². The number of aryl methyl sites for hydroxylation is 1. The Labute approximate surface area is 289 Å². The minimum absolute atomic E-state index is 0.0581. The molecular formula is C35H40N10O5. The number of hydrogen-bond donors (Lipinski definition) is 2. The van der Waals surface area contributed by atoms with Crippen LogP contribution in [0, 0.1) is 0 Å². The zero-order valence-electron chi connectivity index (χ0n) is 28.3. The molecule has 1 atom stereocenters. The molecule has 2 N–H and O–H groups in total. The van der Waals surface area contributed by atoms with Crippen LogP contribution in [0.3, 0.4) is 0 Å². The van der Waals surface area contributed by atoms with Gasteiger partial charge in [-0.1, -0.05) is 55.5 Å². The van der Waals surface area contributed by atoms with Crippen molar-refractivity contribution in [1.82, 2.24) is 50.1 Å². The predicted molar refractivity (Wildman–Crippen MR) is 182 cm³/mol. The molecule has 15 heteroatoms. The molecule has 2 aromatic carbocycles. The molecule has 0 saturated carbocycles. The van der Waals surface area contributed by atoms with Gasteiger partial charge in [0.05, 0.1) is 30.7 Å². The van der Waals surface area contributed by atoms with Gasteiger partial charge in [-0.3, -0.25) is 19.1 Å². The Hall–Kier alpha value is -5.86. The van der Waals surface area contributed by atoms with Crippen LogP contribution < -0.4 is 20.1 Å². The molecule has 1 aliphatic rings. The van der Waals surface area contributed by atoms with Crippen LogP contribution in [-0.2, 0) is 24.2 Å². The van der Waals surface area contributed by atoms with Crippen LogP contribution >= 0.6 is 0 Å². The smallest absolute Gasteiger partial charge is 0.272 e. The minimum Gasteiger partial charge on any atom is -0.493 e. The number of aromatic nitrogens is 7. The minimum atomic E-state index is -0.921. The molecule has 1 aliphatic heterocycles. The molecule has 260 valence electrons. The number of benzene rings is 2. The molecule has 15 nitrogen and oxygen atoms in total. The van der Waals surface area contributed by atoms with Crippen molar-refractivity contribution in [3.8, 4) is 11.5 Å². The zero-order chi connectivity index (χ0) is 35.0. The SMILES string of the molecule is COc1cccc2c1OCCCn1cc(nn1)CCN(C(=O)c1cc(C(C)C)n3ncnc3n1)CCNC(=O)[C@H](Cc1ccccc1)NC2=O. The molecule has 3 amide bonds. The number of rotatable bonds is 5. The van der Waals surface area contributed by atoms with Gasteiger partial charge < -0.3 is 25.0 Å². The molecule has 0 spiro atoms. The first-order valence-electron chi connectivity index (χ1n) is 16.6. The molecule has 0 aliphatic carbocycles. The second-order valence-electron chi connectivity index (χ2n) is 12.3. The first kappa shape index (κ1) is 34.0. The van der Waals surface area contributed by atoms with Gasteiger partial charge in [-0.2, -0.15) is 10.1 Å². The normalized spacial score (nSPS) is 16.4. The van der Waals surface area contributed by atoms with E-state index in [4.69, 9.17) is 9.47 Å². The van der Waals surface area contributed by atoms with Crippen LogP contribution in [0.5, 0.6) is 11.5 Å². The summed E-state index contributed by atoms with van der Waals surface area (Å²) in [4.78, 5) is 51.9. The summed E-state index contributed by atoms with van der Waals surface area (Å²) >= 11 is 0. The fourth-order valence-electron chi connectivity index (χ4n) is 5.78. The van der Waals surface area contributed by atoms with E-state index < -0.39 is 17.9 Å². The standard InChI is InChI=1S/C35H40N10O5/c1-23(2)29-20-28(40-35-37-22-38-45(29)35)34(48)43-16-13-25-21-44(42-41-25)15-8-18-50-31-26(11-7-12-30(31)49-3)32(46)39-27(33(47)36-14-17-43)19-24-9-5-4-6-10-24/h4-7,9-12,20-23,27H,8,13-19H2,1-3H3,(H,36,47)(H,39,46)/t27-/m0/s1. The summed E-state index contributed by atoms with van der Waals surface area (Å²) in [5.74, 6) is -0.123. The maximum Gasteiger partial charge on any atom is 0.272 e. The van der Waals surface area contributed by atoms with E-state index in [0.717, 1.165) is 11.3 Å². The third-order valence-corrected chi connectivity index (χ3v) is 8.41. The number of nitrogens with zero attached hydrogens (tertiary/aromatic N) is 8. The number of carbonyl (C=O) groups excluding carboxylic acids is 3. The molecule has 0 fully saturated rings. The molecule has 50 heavy (non-hydrogen) atoms. The van der Waals surface area contributed by atoms with Gasteiger partial charge >= 0.3 is 0 Å². The van der Waals surface area contributed by atoms with E-state index in [-0.39, 0.29) is 54.9 Å². The van der Waals surface area contributed by atoms with E-state index in [0.29, 0.717) is 43.2 Å². The summed E-state index contributed by atoms with van der Waals surface area (Å²) in [6, 6.07) is 15.3. The maximum atomic E-state index is 14.0. The molecule has 3 aromatic heterocycles. The first-order chi connectivity index (χ1) is 24.3. The van der Waals surface area contributed by atoms with Gasteiger partial charge in [0.1, 0.15) is 18.1 Å². The lowest BCUT2D eigenvalue weighted by Crippen LogP contribution is -2.50. The highest BCUT2D eigenvalue weighted by Gasteiger charge is 2.26. The number of amides is 3. The fourth-order valence-corrected chi connectivity index (χ4v) is 5.78. The van der Waals surface area contributed by atoms with Crippen LogP contribution in [-0.4, -0.2) is 96.6 Å². The average Bonchev–Trinajstić information content (AvgIpc) is 3.80. The Bertz CT molecular complexity index is 1960. The quantitative estimate of drug-likeness (QED) is 0.281. The van der Waals surface area contributed by atoms with Gasteiger partial charge in [-0.05, 0) is 29.7 Å². The summed E-state index contributed by atoms with van der Waals surface area (Å²) in [6.07, 6.45) is 4.49. The summed E-state index contributed by atoms with van der Waals surface area (Å²) in [5.41, 5.74) is 2.84. The summed E-state index contributed by atoms with van der Waals surface area (Å²) < 4.78 is 15.0. The highest BCUT2D eigenvalue weighted by molar-refractivity contribution is 6.00. The Kier molecular flexibility index (Phi) is 10.6. The van der Waals surface area contributed by atoms with E-state index in [1.165, 1.54) is 13.4 Å². The molecule has 2 bridgehead atoms. The average molecular weight is 681 g/mol. The van der Waals surface area contributed by atoms with Gasteiger partial charge in [0.25, 0.3) is 17.6 Å². The van der Waals surface area contributed by atoms with E-state index in [2.05, 4.69) is 36.0 Å². The Morgan fingerprint density at radius 3 is 2.72 bits per heavy atom. The number of para-hydroxylation sites is 1. The van der Waals surface area contributed by atoms with Gasteiger partial charge in [-0.15, -0.1) is 5.10 Å². The number of carbonyl (C=O) groups is 3. The summed E-state index contributed by atoms with van der Waals surface area (Å²) in [7, 11) is 1.51. The number of nitrogens with one attached hydrogen (secondary N) is 2. The van der Waals surface area contributed by atoms with E-state index in [1.54, 1.807) is 38.4 Å². The number of fused-ring (bicyclic) bond motifs is 4. The van der Waals surface area contributed by atoms with Crippen molar-refractivity contribution in [3.63, 3.8) is 0 Å². The number of hydrogen-bond acceptors (Lipinski definition) is 10. The summed E-state index contributed by atoms with van der Waals surface area (Å²) in [6.45, 7) is 5.40. The van der Waals surface area contributed by atoms with Crippen LogP contribution in [0.1, 0.15) is 64.0 Å². The second-order valence-corrected chi connectivity index (χ2v) is 12.3. The first-order valence-corrected chi connectivity index (χ1v) is 16.6. The van der Waals surface area contributed by atoms with Crippen molar-refractivity contribution in [2.24, 2.45) is 0 Å². The highest BCUT2D eigenvalue weighted by Crippen LogP contribution is 2.31. The van der Waals surface area contributed by atoms with Crippen molar-refractivity contribution >= 4 is 23.5 Å². The second kappa shape index (κ2) is 15.6. The van der Waals surface area contributed by atoms with Gasteiger partial charge in [0.2, 0.25) is 5.91 Å². The van der Waals surface area contributed by atoms with Gasteiger partial charge in [0.15, 0.2) is 11.5 Å². The van der Waals surface area contributed by atoms with E-state index in [1.807, 2.05) is 50.4 Å². The molecule has 6 rings (SSSR count). The number of ether oxygens (including phenoxy) is 2. The topological polar surface area (TPSA) is 171 Å². The van der Waals surface area contributed by atoms with Crippen LogP contribution in [0.25, 0.3) is 5.78 Å². The predicted octanol–water partition coefficient (Wildman–Crippen LogP) is 2.47. The number of methoxy groups -OCH3 is 1. The molecule has 0 radical (unpaired) electrons. The van der Waals surface area contributed by atoms with Gasteiger partial charge in [0, 0.05) is 51.6 Å². The zero-order valence-corrected chi connectivity index (χ0v) is 28.3. The molecular weight excluding hydrogens is 640 g/mol. The molecule has 5 aromatic rings. The van der Waals surface area contributed by atoms with Crippen molar-refractivity contribution < 1.29 is 23.9 Å². The van der Waals surface area contributed by atoms with Crippen LogP contribution in [0.15, 0.2) is 67.1 Å². The Balaban J connectivity index is 1.29. The third kappa shape index (κ3) is 7.88. The lowest BCUT2D eigenvalue weighted by molar-refractivity contribution is -0.123. The van der Waals surface area contributed by atoms with Crippen LogP contribution in [0.4, 0.5) is 0 Å². The van der Waals surface area contributed by atoms with E-state index in [9.17, 15) is 14.4 Å². The molecule has 0 unspecified atom stereocenters. The molecule has 4 heterocycles. The lowest BCUT2D eigenvalue weighted by Gasteiger charge is -2.24. The van der Waals surface area contributed by atoms with Crippen molar-refractivity contribution in [3.05, 3.63) is 95.3 Å². The largest absolute Gasteiger partial charge is 0.493 e. The van der Waals surface area contributed by atoms with Crippen LogP contribution in [0.2, 0.25) is 0 Å². The summed E-state index contributed by atoms with van der Waals surface area (Å²) in [5, 5.41) is 18.7. The lowest BCUT2D eigenvalue weighted by atomic mass is 10.0. The highest BCUT2D eigenvalue weighted by atomic mass is 16.5. The third-order valence-electron chi connectivity index (χ3n) is 8.41.